The molecule has 0 aliphatic carbocycles. The monoisotopic (exact) mass is 304 g/mol. The summed E-state index contributed by atoms with van der Waals surface area (Å²) in [7, 11) is -3.86. The molecule has 5 nitrogen and oxygen atoms in total. The van der Waals surface area contributed by atoms with Gasteiger partial charge in [0.1, 0.15) is 0 Å². The van der Waals surface area contributed by atoms with Gasteiger partial charge in [-0.2, -0.15) is 0 Å². The number of carbonyl (C=O) groups excluding carboxylic acids is 1. The van der Waals surface area contributed by atoms with Crippen LogP contribution in [0.25, 0.3) is 0 Å². The maximum absolute atomic E-state index is 12.0. The lowest BCUT2D eigenvalue weighted by molar-refractivity contribution is 0.0930. The first-order valence-electron chi connectivity index (χ1n) is 5.76. The predicted octanol–water partition coefficient (Wildman–Crippen LogP) is 1.76. The molecule has 1 aromatic rings. The first-order chi connectivity index (χ1) is 8.62. The van der Waals surface area contributed by atoms with Crippen LogP contribution in [0.3, 0.4) is 0 Å². The number of carbonyl (C=O) groups is 1. The van der Waals surface area contributed by atoms with E-state index in [1.807, 2.05) is 20.8 Å². The number of benzene rings is 1. The van der Waals surface area contributed by atoms with Gasteiger partial charge < -0.3 is 5.32 Å². The molecule has 1 unspecified atom stereocenters. The highest BCUT2D eigenvalue weighted by molar-refractivity contribution is 7.89. The number of rotatable bonds is 4. The maximum Gasteiger partial charge on any atom is 0.253 e. The molecular formula is C12H17ClN2O3S. The fourth-order valence-corrected chi connectivity index (χ4v) is 2.05. The maximum atomic E-state index is 12.0. The van der Waals surface area contributed by atoms with Crippen LogP contribution in [-0.4, -0.2) is 20.4 Å². The molecule has 0 saturated carbocycles. The average Bonchev–Trinajstić information content (AvgIpc) is 2.27. The number of sulfonamides is 1. The molecular weight excluding hydrogens is 288 g/mol. The molecule has 1 aromatic carbocycles. The van der Waals surface area contributed by atoms with E-state index in [1.54, 1.807) is 0 Å². The smallest absolute Gasteiger partial charge is 0.253 e. The Morgan fingerprint density at radius 1 is 1.32 bits per heavy atom. The number of hydrogen-bond acceptors (Lipinski definition) is 3. The third kappa shape index (κ3) is 4.19. The van der Waals surface area contributed by atoms with Crippen molar-refractivity contribution in [2.24, 2.45) is 11.1 Å². The van der Waals surface area contributed by atoms with Crippen LogP contribution in [0.1, 0.15) is 31.1 Å². The molecule has 0 spiro atoms. The number of nitrogens with two attached hydrogens (primary N) is 1. The Morgan fingerprint density at radius 3 is 2.37 bits per heavy atom. The molecule has 0 aromatic heterocycles. The van der Waals surface area contributed by atoms with Gasteiger partial charge in [0.15, 0.2) is 0 Å². The zero-order valence-corrected chi connectivity index (χ0v) is 12.5. The van der Waals surface area contributed by atoms with Crippen molar-refractivity contribution in [3.05, 3.63) is 28.8 Å². The van der Waals surface area contributed by atoms with Crippen LogP contribution >= 0.6 is 11.6 Å². The summed E-state index contributed by atoms with van der Waals surface area (Å²) < 4.78 is 22.5. The summed E-state index contributed by atoms with van der Waals surface area (Å²) in [6, 6.07) is 3.73. The van der Waals surface area contributed by atoms with Gasteiger partial charge in [0, 0.05) is 6.04 Å². The lowest BCUT2D eigenvalue weighted by atomic mass is 10.1. The Morgan fingerprint density at radius 2 is 1.89 bits per heavy atom. The number of primary sulfonamides is 1. The molecule has 3 N–H and O–H groups in total. The normalized spacial score (nSPS) is 13.4. The Hall–Kier alpha value is -1.11. The molecule has 19 heavy (non-hydrogen) atoms. The van der Waals surface area contributed by atoms with Gasteiger partial charge in [-0.1, -0.05) is 25.4 Å². The van der Waals surface area contributed by atoms with Crippen molar-refractivity contribution in [1.82, 2.24) is 5.32 Å². The van der Waals surface area contributed by atoms with Crippen molar-refractivity contribution in [3.63, 3.8) is 0 Å². The molecule has 0 saturated heterocycles. The van der Waals surface area contributed by atoms with Gasteiger partial charge >= 0.3 is 0 Å². The minimum absolute atomic E-state index is 0.0540. The van der Waals surface area contributed by atoms with Crippen molar-refractivity contribution < 1.29 is 13.2 Å². The summed E-state index contributed by atoms with van der Waals surface area (Å²) in [5.41, 5.74) is 0.0979. The van der Waals surface area contributed by atoms with Gasteiger partial charge in [0.2, 0.25) is 10.0 Å². The Bertz CT molecular complexity index is 585. The molecule has 1 atom stereocenters. The highest BCUT2D eigenvalue weighted by atomic mass is 35.5. The van der Waals surface area contributed by atoms with Gasteiger partial charge in [0.05, 0.1) is 15.5 Å². The van der Waals surface area contributed by atoms with E-state index in [-0.39, 0.29) is 27.4 Å². The molecule has 0 fully saturated rings. The van der Waals surface area contributed by atoms with Gasteiger partial charge in [-0.3, -0.25) is 4.79 Å². The number of hydrogen-bond donors (Lipinski definition) is 2. The first-order valence-corrected chi connectivity index (χ1v) is 7.68. The van der Waals surface area contributed by atoms with Crippen molar-refractivity contribution in [3.8, 4) is 0 Å². The summed E-state index contributed by atoms with van der Waals surface area (Å²) in [4.78, 5) is 11.9. The third-order valence-corrected chi connectivity index (χ3v) is 4.11. The lowest BCUT2D eigenvalue weighted by Gasteiger charge is -2.18. The van der Waals surface area contributed by atoms with Crippen LogP contribution in [-0.2, 0) is 10.0 Å². The van der Waals surface area contributed by atoms with E-state index < -0.39 is 15.9 Å². The standard InChI is InChI=1S/C12H17ClN2O3S/c1-7(2)8(3)15-12(16)10-6-9(19(14,17)18)4-5-11(10)13/h4-8H,1-3H3,(H,15,16)(H2,14,17,18). The Labute approximate surface area is 118 Å². The van der Waals surface area contributed by atoms with E-state index in [2.05, 4.69) is 5.32 Å². The second-order valence-corrected chi connectivity index (χ2v) is 6.66. The van der Waals surface area contributed by atoms with Crippen LogP contribution in [0.4, 0.5) is 0 Å². The fourth-order valence-electron chi connectivity index (χ4n) is 1.31. The number of nitrogens with one attached hydrogen (secondary N) is 1. The molecule has 0 aliphatic heterocycles. The van der Waals surface area contributed by atoms with Gasteiger partial charge in [-0.25, -0.2) is 13.6 Å². The van der Waals surface area contributed by atoms with Crippen LogP contribution < -0.4 is 10.5 Å². The highest BCUT2D eigenvalue weighted by Crippen LogP contribution is 2.20. The third-order valence-electron chi connectivity index (χ3n) is 2.87. The minimum atomic E-state index is -3.86. The Balaban J connectivity index is 3.10. The van der Waals surface area contributed by atoms with E-state index >= 15 is 0 Å². The summed E-state index contributed by atoms with van der Waals surface area (Å²) in [6.45, 7) is 5.79. The fraction of sp³-hybridized carbons (Fsp3) is 0.417. The van der Waals surface area contributed by atoms with E-state index in [9.17, 15) is 13.2 Å². The molecule has 0 aliphatic rings. The van der Waals surface area contributed by atoms with Crippen LogP contribution in [0.5, 0.6) is 0 Å². The molecule has 0 heterocycles. The quantitative estimate of drug-likeness (QED) is 0.888. The molecule has 106 valence electrons. The highest BCUT2D eigenvalue weighted by Gasteiger charge is 2.18. The zero-order chi connectivity index (χ0) is 14.8. The van der Waals surface area contributed by atoms with Crippen molar-refractivity contribution >= 4 is 27.5 Å². The van der Waals surface area contributed by atoms with Crippen molar-refractivity contribution in [2.75, 3.05) is 0 Å². The second kappa shape index (κ2) is 5.90. The summed E-state index contributed by atoms with van der Waals surface area (Å²) in [5.74, 6) is -0.166. The van der Waals surface area contributed by atoms with E-state index in [4.69, 9.17) is 16.7 Å². The molecule has 0 radical (unpaired) electrons. The summed E-state index contributed by atoms with van der Waals surface area (Å²) in [5, 5.41) is 7.96. The largest absolute Gasteiger partial charge is 0.349 e. The molecule has 1 rings (SSSR count). The SMILES string of the molecule is CC(C)C(C)NC(=O)c1cc(S(N)(=O)=O)ccc1Cl. The molecule has 0 bridgehead atoms. The zero-order valence-electron chi connectivity index (χ0n) is 11.0. The second-order valence-electron chi connectivity index (χ2n) is 4.69. The van der Waals surface area contributed by atoms with Crippen molar-refractivity contribution in [1.29, 1.82) is 0 Å². The average molecular weight is 305 g/mol. The molecule has 1 amide bonds. The summed E-state index contributed by atoms with van der Waals surface area (Å²) >= 11 is 5.91. The van der Waals surface area contributed by atoms with E-state index in [0.717, 1.165) is 0 Å². The van der Waals surface area contributed by atoms with Crippen LogP contribution in [0.2, 0.25) is 5.02 Å². The number of halogens is 1. The lowest BCUT2D eigenvalue weighted by Crippen LogP contribution is -2.36. The Kier molecular flexibility index (Phi) is 4.95. The van der Waals surface area contributed by atoms with Crippen molar-refractivity contribution in [2.45, 2.75) is 31.7 Å². The number of amides is 1. The van der Waals surface area contributed by atoms with Gasteiger partial charge in [0.25, 0.3) is 5.91 Å². The minimum Gasteiger partial charge on any atom is -0.349 e. The van der Waals surface area contributed by atoms with Gasteiger partial charge in [-0.15, -0.1) is 0 Å². The van der Waals surface area contributed by atoms with E-state index in [0.29, 0.717) is 0 Å². The van der Waals surface area contributed by atoms with E-state index in [1.165, 1.54) is 18.2 Å². The van der Waals surface area contributed by atoms with Crippen LogP contribution in [0, 0.1) is 5.92 Å². The van der Waals surface area contributed by atoms with Gasteiger partial charge in [-0.05, 0) is 31.0 Å². The summed E-state index contributed by atoms with van der Waals surface area (Å²) in [6.07, 6.45) is 0. The predicted molar refractivity (Wildman–Crippen MR) is 74.6 cm³/mol. The first kappa shape index (κ1) is 15.9. The topological polar surface area (TPSA) is 89.3 Å². The molecule has 7 heteroatoms. The van der Waals surface area contributed by atoms with Crippen LogP contribution in [0.15, 0.2) is 23.1 Å².